The van der Waals surface area contributed by atoms with E-state index in [1.165, 1.54) is 18.2 Å². The van der Waals surface area contributed by atoms with Crippen molar-refractivity contribution in [2.45, 2.75) is 25.4 Å². The minimum Gasteiger partial charge on any atom is -0.508 e. The lowest BCUT2D eigenvalue weighted by molar-refractivity contribution is -0.138. The first-order chi connectivity index (χ1) is 9.82. The van der Waals surface area contributed by atoms with Gasteiger partial charge in [0, 0.05) is 5.92 Å². The minimum absolute atomic E-state index is 0.107. The van der Waals surface area contributed by atoms with Gasteiger partial charge in [-0.3, -0.25) is 0 Å². The van der Waals surface area contributed by atoms with Crippen LogP contribution >= 0.6 is 0 Å². The van der Waals surface area contributed by atoms with Crippen LogP contribution in [-0.2, 0) is 6.18 Å². The zero-order valence-corrected chi connectivity index (χ0v) is 11.4. The van der Waals surface area contributed by atoms with Crippen molar-refractivity contribution in [3.8, 4) is 11.5 Å². The van der Waals surface area contributed by atoms with Crippen molar-refractivity contribution in [1.82, 2.24) is 0 Å². The van der Waals surface area contributed by atoms with Gasteiger partial charge >= 0.3 is 6.18 Å². The molecule has 1 unspecified atom stereocenters. The lowest BCUT2D eigenvalue weighted by Crippen LogP contribution is -2.08. The van der Waals surface area contributed by atoms with Crippen molar-refractivity contribution in [3.63, 3.8) is 0 Å². The summed E-state index contributed by atoms with van der Waals surface area (Å²) in [4.78, 5) is 0. The third kappa shape index (κ3) is 3.29. The highest BCUT2D eigenvalue weighted by Gasteiger charge is 2.34. The molecule has 0 amide bonds. The summed E-state index contributed by atoms with van der Waals surface area (Å²) in [5.41, 5.74) is 0.264. The zero-order valence-electron chi connectivity index (χ0n) is 11.4. The number of hydrogen-bond donors (Lipinski definition) is 2. The molecule has 5 heteroatoms. The number of alkyl halides is 3. The van der Waals surface area contributed by atoms with Crippen LogP contribution < -0.4 is 0 Å². The highest BCUT2D eigenvalue weighted by atomic mass is 19.4. The van der Waals surface area contributed by atoms with Crippen molar-refractivity contribution in [2.75, 3.05) is 0 Å². The van der Waals surface area contributed by atoms with E-state index in [2.05, 4.69) is 0 Å². The second-order valence-corrected chi connectivity index (χ2v) is 4.83. The van der Waals surface area contributed by atoms with Gasteiger partial charge in [-0.2, -0.15) is 13.2 Å². The topological polar surface area (TPSA) is 40.5 Å². The zero-order chi connectivity index (χ0) is 15.6. The van der Waals surface area contributed by atoms with Crippen molar-refractivity contribution < 1.29 is 23.4 Å². The quantitative estimate of drug-likeness (QED) is 0.865. The summed E-state index contributed by atoms with van der Waals surface area (Å²) in [5.74, 6) is -0.894. The maximum atomic E-state index is 12.9. The van der Waals surface area contributed by atoms with Crippen LogP contribution in [0, 0.1) is 0 Å². The summed E-state index contributed by atoms with van der Waals surface area (Å²) in [5, 5.41) is 18.7. The van der Waals surface area contributed by atoms with Crippen LogP contribution in [-0.4, -0.2) is 10.2 Å². The van der Waals surface area contributed by atoms with Crippen LogP contribution in [0.2, 0.25) is 0 Å². The normalized spacial score (nSPS) is 13.1. The standard InChI is InChI=1S/C16H15F3O2/c1-2-13(10-3-6-12(20)7-4-10)11-5-8-15(21)14(9-11)16(17,18)19/h3-9,13,20-21H,2H2,1H3. The Kier molecular flexibility index (Phi) is 4.11. The van der Waals surface area contributed by atoms with E-state index in [1.54, 1.807) is 12.1 Å². The predicted octanol–water partition coefficient (Wildman–Crippen LogP) is 4.66. The Labute approximate surface area is 120 Å². The summed E-state index contributed by atoms with van der Waals surface area (Å²) in [6.07, 6.45) is -3.99. The molecule has 2 N–H and O–H groups in total. The second kappa shape index (κ2) is 5.68. The first kappa shape index (κ1) is 15.2. The fraction of sp³-hybridized carbons (Fsp3) is 0.250. The number of halogens is 3. The van der Waals surface area contributed by atoms with E-state index >= 15 is 0 Å². The lowest BCUT2D eigenvalue weighted by Gasteiger charge is -2.18. The first-order valence-corrected chi connectivity index (χ1v) is 6.52. The molecule has 21 heavy (non-hydrogen) atoms. The summed E-state index contributed by atoms with van der Waals surface area (Å²) >= 11 is 0. The molecule has 0 saturated heterocycles. The first-order valence-electron chi connectivity index (χ1n) is 6.52. The Morgan fingerprint density at radius 2 is 1.52 bits per heavy atom. The summed E-state index contributed by atoms with van der Waals surface area (Å²) < 4.78 is 38.6. The monoisotopic (exact) mass is 296 g/mol. The Bertz CT molecular complexity index is 618. The van der Waals surface area contributed by atoms with Crippen molar-refractivity contribution in [1.29, 1.82) is 0 Å². The maximum absolute atomic E-state index is 12.9. The van der Waals surface area contributed by atoms with E-state index in [4.69, 9.17) is 0 Å². The highest BCUT2D eigenvalue weighted by molar-refractivity contribution is 5.43. The van der Waals surface area contributed by atoms with E-state index in [1.807, 2.05) is 6.92 Å². The molecule has 0 bridgehead atoms. The van der Waals surface area contributed by atoms with Crippen LogP contribution in [0.5, 0.6) is 11.5 Å². The molecule has 0 aliphatic rings. The Morgan fingerprint density at radius 1 is 0.952 bits per heavy atom. The van der Waals surface area contributed by atoms with Gasteiger partial charge in [0.2, 0.25) is 0 Å². The van der Waals surface area contributed by atoms with Gasteiger partial charge < -0.3 is 10.2 Å². The van der Waals surface area contributed by atoms with E-state index in [0.717, 1.165) is 17.7 Å². The van der Waals surface area contributed by atoms with Crippen LogP contribution in [0.4, 0.5) is 13.2 Å². The molecule has 0 aliphatic carbocycles. The summed E-state index contributed by atoms with van der Waals surface area (Å²) in [7, 11) is 0. The van der Waals surface area contributed by atoms with Gasteiger partial charge in [-0.1, -0.05) is 25.1 Å². The predicted molar refractivity (Wildman–Crippen MR) is 73.3 cm³/mol. The Morgan fingerprint density at radius 3 is 2.05 bits per heavy atom. The highest BCUT2D eigenvalue weighted by Crippen LogP contribution is 2.39. The maximum Gasteiger partial charge on any atom is 0.419 e. The van der Waals surface area contributed by atoms with Crippen LogP contribution in [0.1, 0.15) is 36.0 Å². The molecule has 0 saturated carbocycles. The van der Waals surface area contributed by atoms with E-state index in [9.17, 15) is 23.4 Å². The summed E-state index contributed by atoms with van der Waals surface area (Å²) in [6, 6.07) is 9.92. The molecule has 2 aromatic rings. The van der Waals surface area contributed by atoms with E-state index < -0.39 is 17.5 Å². The molecule has 2 rings (SSSR count). The fourth-order valence-electron chi connectivity index (χ4n) is 2.37. The number of phenolic OH excluding ortho intramolecular Hbond substituents is 2. The number of hydrogen-bond acceptors (Lipinski definition) is 2. The van der Waals surface area contributed by atoms with Gasteiger partial charge in [-0.25, -0.2) is 0 Å². The van der Waals surface area contributed by atoms with Gasteiger partial charge in [0.1, 0.15) is 11.5 Å². The number of rotatable bonds is 3. The average Bonchev–Trinajstić information content (AvgIpc) is 2.42. The SMILES string of the molecule is CCC(c1ccc(O)cc1)c1ccc(O)c(C(F)(F)F)c1. The van der Waals surface area contributed by atoms with Crippen LogP contribution in [0.15, 0.2) is 42.5 Å². The fourth-order valence-corrected chi connectivity index (χ4v) is 2.37. The van der Waals surface area contributed by atoms with Gasteiger partial charge in [-0.15, -0.1) is 0 Å². The van der Waals surface area contributed by atoms with Crippen LogP contribution in [0.25, 0.3) is 0 Å². The van der Waals surface area contributed by atoms with E-state index in [0.29, 0.717) is 12.0 Å². The molecule has 2 nitrogen and oxygen atoms in total. The summed E-state index contributed by atoms with van der Waals surface area (Å²) in [6.45, 7) is 1.87. The third-order valence-electron chi connectivity index (χ3n) is 3.43. The molecule has 0 radical (unpaired) electrons. The second-order valence-electron chi connectivity index (χ2n) is 4.83. The molecular weight excluding hydrogens is 281 g/mol. The number of aromatic hydroxyl groups is 2. The molecule has 1 atom stereocenters. The Balaban J connectivity index is 2.46. The largest absolute Gasteiger partial charge is 0.508 e. The van der Waals surface area contributed by atoms with Gasteiger partial charge in [0.25, 0.3) is 0 Å². The number of phenols is 2. The average molecular weight is 296 g/mol. The molecule has 2 aromatic carbocycles. The molecular formula is C16H15F3O2. The molecule has 0 fully saturated rings. The van der Waals surface area contributed by atoms with Crippen molar-refractivity contribution >= 4 is 0 Å². The lowest BCUT2D eigenvalue weighted by atomic mass is 9.88. The van der Waals surface area contributed by atoms with Crippen LogP contribution in [0.3, 0.4) is 0 Å². The smallest absolute Gasteiger partial charge is 0.419 e. The number of benzene rings is 2. The molecule has 0 aliphatic heterocycles. The minimum atomic E-state index is -4.59. The van der Waals surface area contributed by atoms with Gasteiger partial charge in [-0.05, 0) is 41.8 Å². The molecule has 0 spiro atoms. The van der Waals surface area contributed by atoms with E-state index in [-0.39, 0.29) is 11.7 Å². The van der Waals surface area contributed by atoms with Crippen molar-refractivity contribution in [2.24, 2.45) is 0 Å². The Hall–Kier alpha value is -2.17. The van der Waals surface area contributed by atoms with Crippen molar-refractivity contribution in [3.05, 3.63) is 59.2 Å². The van der Waals surface area contributed by atoms with Gasteiger partial charge in [0.15, 0.2) is 0 Å². The molecule has 0 heterocycles. The molecule has 0 aromatic heterocycles. The van der Waals surface area contributed by atoms with Gasteiger partial charge in [0.05, 0.1) is 5.56 Å². The molecule has 112 valence electrons. The third-order valence-corrected chi connectivity index (χ3v) is 3.43.